The van der Waals surface area contributed by atoms with Gasteiger partial charge in [0.1, 0.15) is 0 Å². The van der Waals surface area contributed by atoms with Crippen LogP contribution in [0.15, 0.2) is 17.5 Å². The maximum atomic E-state index is 11.7. The second kappa shape index (κ2) is 7.43. The van der Waals surface area contributed by atoms with Crippen LogP contribution < -0.4 is 5.32 Å². The first-order valence-electron chi connectivity index (χ1n) is 6.80. The van der Waals surface area contributed by atoms with Crippen molar-refractivity contribution in [3.05, 3.63) is 22.4 Å². The van der Waals surface area contributed by atoms with Crippen molar-refractivity contribution < 1.29 is 14.7 Å². The van der Waals surface area contributed by atoms with Gasteiger partial charge in [-0.25, -0.2) is 0 Å². The number of hydrogen-bond donors (Lipinski definition) is 2. The molecule has 0 saturated heterocycles. The van der Waals surface area contributed by atoms with E-state index in [0.717, 1.165) is 0 Å². The molecule has 1 aromatic rings. The van der Waals surface area contributed by atoms with Crippen molar-refractivity contribution >= 4 is 23.2 Å². The Labute approximate surface area is 124 Å². The number of rotatable bonds is 7. The number of nitrogens with one attached hydrogen (secondary N) is 1. The Kier molecular flexibility index (Phi) is 6.20. The van der Waals surface area contributed by atoms with Crippen molar-refractivity contribution in [2.45, 2.75) is 40.0 Å². The van der Waals surface area contributed by atoms with E-state index >= 15 is 0 Å². The predicted octanol–water partition coefficient (Wildman–Crippen LogP) is 2.93. The van der Waals surface area contributed by atoms with E-state index in [4.69, 9.17) is 0 Å². The molecular weight excluding hydrogens is 274 g/mol. The van der Waals surface area contributed by atoms with Crippen LogP contribution in [-0.4, -0.2) is 23.5 Å². The van der Waals surface area contributed by atoms with E-state index in [9.17, 15) is 14.7 Å². The fourth-order valence-electron chi connectivity index (χ4n) is 2.00. The average molecular weight is 297 g/mol. The van der Waals surface area contributed by atoms with E-state index in [-0.39, 0.29) is 17.9 Å². The van der Waals surface area contributed by atoms with Crippen molar-refractivity contribution in [2.75, 3.05) is 6.54 Å². The molecule has 2 N–H and O–H groups in total. The standard InChI is InChI=1S/C15H23NO3S/c1-15(2,3)9-11(14(18)19)10-16-13(17)7-6-12-5-4-8-20-12/h4-5,8,11H,6-7,9-10H2,1-3H3,(H,16,17)(H,18,19). The van der Waals surface area contributed by atoms with Gasteiger partial charge < -0.3 is 10.4 Å². The van der Waals surface area contributed by atoms with Crippen LogP contribution >= 0.6 is 11.3 Å². The van der Waals surface area contributed by atoms with Crippen LogP contribution in [0, 0.1) is 11.3 Å². The molecule has 5 heteroatoms. The normalized spacial score (nSPS) is 12.9. The summed E-state index contributed by atoms with van der Waals surface area (Å²) in [5.41, 5.74) is -0.0647. The number of carbonyl (C=O) groups is 2. The minimum absolute atomic E-state index is 0.0647. The fraction of sp³-hybridized carbons (Fsp3) is 0.600. The van der Waals surface area contributed by atoms with Gasteiger partial charge in [0.2, 0.25) is 5.91 Å². The van der Waals surface area contributed by atoms with E-state index in [0.29, 0.717) is 19.3 Å². The number of hydrogen-bond acceptors (Lipinski definition) is 3. The summed E-state index contributed by atoms with van der Waals surface area (Å²) < 4.78 is 0. The molecule has 1 heterocycles. The molecule has 0 aliphatic heterocycles. The van der Waals surface area contributed by atoms with Gasteiger partial charge >= 0.3 is 5.97 Å². The summed E-state index contributed by atoms with van der Waals surface area (Å²) in [7, 11) is 0. The first-order valence-corrected chi connectivity index (χ1v) is 7.68. The van der Waals surface area contributed by atoms with Crippen LogP contribution in [0.1, 0.15) is 38.5 Å². The predicted molar refractivity (Wildman–Crippen MR) is 80.8 cm³/mol. The summed E-state index contributed by atoms with van der Waals surface area (Å²) in [5, 5.41) is 13.9. The minimum atomic E-state index is -0.849. The lowest BCUT2D eigenvalue weighted by molar-refractivity contribution is -0.142. The number of thiophene rings is 1. The van der Waals surface area contributed by atoms with Crippen LogP contribution in [-0.2, 0) is 16.0 Å². The molecule has 1 atom stereocenters. The number of carboxylic acid groups (broad SMARTS) is 1. The molecule has 0 fully saturated rings. The molecule has 0 saturated carbocycles. The number of aryl methyl sites for hydroxylation is 1. The summed E-state index contributed by atoms with van der Waals surface area (Å²) in [6, 6.07) is 3.96. The molecular formula is C15H23NO3S. The summed E-state index contributed by atoms with van der Waals surface area (Å²) in [6.45, 7) is 6.21. The number of carboxylic acids is 1. The first-order chi connectivity index (χ1) is 9.28. The third kappa shape index (κ3) is 6.70. The monoisotopic (exact) mass is 297 g/mol. The number of carbonyl (C=O) groups excluding carboxylic acids is 1. The molecule has 1 aromatic heterocycles. The number of amides is 1. The molecule has 4 nitrogen and oxygen atoms in total. The molecule has 0 spiro atoms. The number of aliphatic carboxylic acids is 1. The summed E-state index contributed by atoms with van der Waals surface area (Å²) >= 11 is 1.63. The molecule has 0 radical (unpaired) electrons. The van der Waals surface area contributed by atoms with Crippen molar-refractivity contribution in [2.24, 2.45) is 11.3 Å². The zero-order chi connectivity index (χ0) is 15.2. The lowest BCUT2D eigenvalue weighted by Gasteiger charge is -2.23. The molecule has 0 aliphatic carbocycles. The van der Waals surface area contributed by atoms with Crippen LogP contribution in [0.25, 0.3) is 0 Å². The highest BCUT2D eigenvalue weighted by molar-refractivity contribution is 7.09. The molecule has 20 heavy (non-hydrogen) atoms. The van der Waals surface area contributed by atoms with E-state index in [1.807, 2.05) is 38.3 Å². The highest BCUT2D eigenvalue weighted by Crippen LogP contribution is 2.24. The topological polar surface area (TPSA) is 66.4 Å². The molecule has 1 amide bonds. The Hall–Kier alpha value is -1.36. The Balaban J connectivity index is 2.35. The SMILES string of the molecule is CC(C)(C)CC(CNC(=O)CCc1cccs1)C(=O)O. The molecule has 0 aromatic carbocycles. The summed E-state index contributed by atoms with van der Waals surface area (Å²) in [5.74, 6) is -1.46. The van der Waals surface area contributed by atoms with Gasteiger partial charge in [0.05, 0.1) is 5.92 Å². The van der Waals surface area contributed by atoms with E-state index in [2.05, 4.69) is 5.32 Å². The molecule has 1 rings (SSSR count). The van der Waals surface area contributed by atoms with Crippen molar-refractivity contribution in [3.63, 3.8) is 0 Å². The fourth-order valence-corrected chi connectivity index (χ4v) is 2.71. The van der Waals surface area contributed by atoms with Crippen LogP contribution in [0.4, 0.5) is 0 Å². The van der Waals surface area contributed by atoms with Crippen molar-refractivity contribution in [1.29, 1.82) is 0 Å². The van der Waals surface area contributed by atoms with Gasteiger partial charge in [-0.05, 0) is 29.7 Å². The van der Waals surface area contributed by atoms with Gasteiger partial charge in [-0.3, -0.25) is 9.59 Å². The largest absolute Gasteiger partial charge is 0.481 e. The van der Waals surface area contributed by atoms with Gasteiger partial charge in [-0.2, -0.15) is 0 Å². The van der Waals surface area contributed by atoms with E-state index < -0.39 is 11.9 Å². The van der Waals surface area contributed by atoms with E-state index in [1.54, 1.807) is 11.3 Å². The molecule has 112 valence electrons. The molecule has 0 aliphatic rings. The third-order valence-electron chi connectivity index (χ3n) is 2.93. The Morgan fingerprint density at radius 3 is 2.60 bits per heavy atom. The minimum Gasteiger partial charge on any atom is -0.481 e. The highest BCUT2D eigenvalue weighted by Gasteiger charge is 2.24. The quantitative estimate of drug-likeness (QED) is 0.813. The Bertz CT molecular complexity index is 434. The summed E-state index contributed by atoms with van der Waals surface area (Å²) in [4.78, 5) is 24.1. The second-order valence-corrected chi connectivity index (χ2v) is 7.22. The maximum absolute atomic E-state index is 11.7. The van der Waals surface area contributed by atoms with Crippen molar-refractivity contribution in [1.82, 2.24) is 5.32 Å². The molecule has 1 unspecified atom stereocenters. The van der Waals surface area contributed by atoms with Crippen molar-refractivity contribution in [3.8, 4) is 0 Å². The Morgan fingerprint density at radius 2 is 2.10 bits per heavy atom. The van der Waals surface area contributed by atoms with Gasteiger partial charge in [0, 0.05) is 17.8 Å². The van der Waals surface area contributed by atoms with Gasteiger partial charge in [-0.1, -0.05) is 26.8 Å². The zero-order valence-corrected chi connectivity index (χ0v) is 13.1. The van der Waals surface area contributed by atoms with Gasteiger partial charge in [0.15, 0.2) is 0 Å². The van der Waals surface area contributed by atoms with Crippen LogP contribution in [0.5, 0.6) is 0 Å². The lowest BCUT2D eigenvalue weighted by Crippen LogP contribution is -2.35. The van der Waals surface area contributed by atoms with E-state index in [1.165, 1.54) is 4.88 Å². The lowest BCUT2D eigenvalue weighted by atomic mass is 9.84. The van der Waals surface area contributed by atoms with Gasteiger partial charge in [0.25, 0.3) is 0 Å². The smallest absolute Gasteiger partial charge is 0.308 e. The first kappa shape index (κ1) is 16.7. The second-order valence-electron chi connectivity index (χ2n) is 6.18. The highest BCUT2D eigenvalue weighted by atomic mass is 32.1. The average Bonchev–Trinajstić information content (AvgIpc) is 2.83. The maximum Gasteiger partial charge on any atom is 0.308 e. The summed E-state index contributed by atoms with van der Waals surface area (Å²) in [6.07, 6.45) is 1.66. The Morgan fingerprint density at radius 1 is 1.40 bits per heavy atom. The van der Waals surface area contributed by atoms with Crippen LogP contribution in [0.3, 0.4) is 0 Å². The van der Waals surface area contributed by atoms with Crippen LogP contribution in [0.2, 0.25) is 0 Å². The third-order valence-corrected chi connectivity index (χ3v) is 3.87. The van der Waals surface area contributed by atoms with Gasteiger partial charge in [-0.15, -0.1) is 11.3 Å². The molecule has 0 bridgehead atoms. The zero-order valence-electron chi connectivity index (χ0n) is 12.3.